The summed E-state index contributed by atoms with van der Waals surface area (Å²) in [5, 5.41) is 19.1. The number of phenols is 1. The molecule has 2 atom stereocenters. The monoisotopic (exact) mass is 282 g/mol. The van der Waals surface area contributed by atoms with Gasteiger partial charge in [0.25, 0.3) is 0 Å². The van der Waals surface area contributed by atoms with Gasteiger partial charge in [0.05, 0.1) is 12.0 Å². The van der Waals surface area contributed by atoms with E-state index in [9.17, 15) is 32.2 Å². The second-order valence-corrected chi connectivity index (χ2v) is 4.55. The summed E-state index contributed by atoms with van der Waals surface area (Å²) in [7, 11) is 0. The SMILES string of the molecule is Oc1cccc2c1CCC(O)C2C(F)(F)C(F)(F)F. The molecule has 0 aromatic heterocycles. The van der Waals surface area contributed by atoms with Crippen LogP contribution in [0.25, 0.3) is 0 Å². The van der Waals surface area contributed by atoms with E-state index >= 15 is 0 Å². The number of halogens is 5. The Kier molecular flexibility index (Phi) is 3.20. The van der Waals surface area contributed by atoms with Crippen molar-refractivity contribution in [2.75, 3.05) is 0 Å². The lowest BCUT2D eigenvalue weighted by Crippen LogP contribution is -2.48. The number of phenolic OH excluding ortho intramolecular Hbond substituents is 1. The first-order valence-corrected chi connectivity index (χ1v) is 5.59. The lowest BCUT2D eigenvalue weighted by atomic mass is 9.76. The van der Waals surface area contributed by atoms with Crippen LogP contribution in [-0.4, -0.2) is 28.4 Å². The Morgan fingerprint density at radius 1 is 1.11 bits per heavy atom. The van der Waals surface area contributed by atoms with Crippen LogP contribution in [0, 0.1) is 0 Å². The van der Waals surface area contributed by atoms with E-state index in [0.717, 1.165) is 6.07 Å². The van der Waals surface area contributed by atoms with Gasteiger partial charge >= 0.3 is 12.1 Å². The summed E-state index contributed by atoms with van der Waals surface area (Å²) in [5.74, 6) is -7.76. The summed E-state index contributed by atoms with van der Waals surface area (Å²) in [5.41, 5.74) is -0.303. The Morgan fingerprint density at radius 2 is 1.74 bits per heavy atom. The smallest absolute Gasteiger partial charge is 0.454 e. The van der Waals surface area contributed by atoms with Crippen LogP contribution in [0.3, 0.4) is 0 Å². The number of hydrogen-bond acceptors (Lipinski definition) is 2. The van der Waals surface area contributed by atoms with Crippen molar-refractivity contribution >= 4 is 0 Å². The van der Waals surface area contributed by atoms with E-state index in [1.807, 2.05) is 0 Å². The second-order valence-electron chi connectivity index (χ2n) is 4.55. The molecular formula is C12H11F5O2. The van der Waals surface area contributed by atoms with Gasteiger partial charge in [-0.2, -0.15) is 22.0 Å². The molecule has 0 aliphatic heterocycles. The zero-order valence-corrected chi connectivity index (χ0v) is 9.59. The first-order valence-electron chi connectivity index (χ1n) is 5.59. The Bertz CT molecular complexity index is 483. The van der Waals surface area contributed by atoms with Crippen LogP contribution in [0.4, 0.5) is 22.0 Å². The first kappa shape index (κ1) is 14.0. The molecule has 2 nitrogen and oxygen atoms in total. The van der Waals surface area contributed by atoms with Crippen molar-refractivity contribution in [3.05, 3.63) is 29.3 Å². The maximum absolute atomic E-state index is 13.5. The molecule has 0 saturated heterocycles. The van der Waals surface area contributed by atoms with E-state index in [1.165, 1.54) is 12.1 Å². The Balaban J connectivity index is 2.56. The predicted molar refractivity (Wildman–Crippen MR) is 56.2 cm³/mol. The molecule has 0 amide bonds. The molecule has 106 valence electrons. The highest BCUT2D eigenvalue weighted by molar-refractivity contribution is 5.44. The minimum atomic E-state index is -5.75. The molecule has 1 aliphatic carbocycles. The average molecular weight is 282 g/mol. The van der Waals surface area contributed by atoms with Gasteiger partial charge in [0.1, 0.15) is 5.75 Å². The summed E-state index contributed by atoms with van der Waals surface area (Å²) in [4.78, 5) is 0. The number of rotatable bonds is 1. The van der Waals surface area contributed by atoms with Crippen LogP contribution in [0.5, 0.6) is 5.75 Å². The van der Waals surface area contributed by atoms with Gasteiger partial charge in [0.2, 0.25) is 0 Å². The van der Waals surface area contributed by atoms with E-state index < -0.39 is 24.1 Å². The number of aromatic hydroxyl groups is 1. The lowest BCUT2D eigenvalue weighted by molar-refractivity contribution is -0.299. The maximum Gasteiger partial charge on any atom is 0.454 e. The normalized spacial score (nSPS) is 24.1. The van der Waals surface area contributed by atoms with Gasteiger partial charge < -0.3 is 10.2 Å². The third-order valence-corrected chi connectivity index (χ3v) is 3.37. The molecule has 7 heteroatoms. The molecule has 1 aromatic carbocycles. The highest BCUT2D eigenvalue weighted by atomic mass is 19.4. The third kappa shape index (κ3) is 2.16. The number of aliphatic hydroxyl groups excluding tert-OH is 1. The van der Waals surface area contributed by atoms with Crippen LogP contribution >= 0.6 is 0 Å². The van der Waals surface area contributed by atoms with Gasteiger partial charge in [-0.05, 0) is 30.0 Å². The minimum Gasteiger partial charge on any atom is -0.508 e. The Labute approximate surface area is 105 Å². The summed E-state index contributed by atoms with van der Waals surface area (Å²) in [6.07, 6.45) is -7.74. The van der Waals surface area contributed by atoms with Crippen LogP contribution in [0.15, 0.2) is 18.2 Å². The average Bonchev–Trinajstić information content (AvgIpc) is 2.26. The zero-order chi connectivity index (χ0) is 14.4. The van der Waals surface area contributed by atoms with Crippen molar-refractivity contribution in [3.8, 4) is 5.75 Å². The molecule has 0 saturated carbocycles. The second kappa shape index (κ2) is 4.33. The largest absolute Gasteiger partial charge is 0.508 e. The summed E-state index contributed by atoms with van der Waals surface area (Å²) in [6.45, 7) is 0. The quantitative estimate of drug-likeness (QED) is 0.777. The molecule has 1 aromatic rings. The molecule has 2 N–H and O–H groups in total. The number of benzene rings is 1. The summed E-state index contributed by atoms with van der Waals surface area (Å²) < 4.78 is 64.4. The lowest BCUT2D eigenvalue weighted by Gasteiger charge is -2.36. The standard InChI is InChI=1S/C12H11F5O2/c13-11(14,12(15,16)17)10-7-2-1-3-8(18)6(7)4-5-9(10)19/h1-3,9-10,18-19H,4-5H2. The predicted octanol–water partition coefficient (Wildman–Crippen LogP) is 2.98. The molecule has 0 spiro atoms. The highest BCUT2D eigenvalue weighted by Crippen LogP contribution is 2.51. The molecule has 0 bridgehead atoms. The molecule has 19 heavy (non-hydrogen) atoms. The zero-order valence-electron chi connectivity index (χ0n) is 9.59. The fourth-order valence-corrected chi connectivity index (χ4v) is 2.44. The van der Waals surface area contributed by atoms with Crippen molar-refractivity contribution in [3.63, 3.8) is 0 Å². The minimum absolute atomic E-state index is 0.0433. The highest BCUT2D eigenvalue weighted by Gasteiger charge is 2.65. The van der Waals surface area contributed by atoms with E-state index in [-0.39, 0.29) is 29.7 Å². The molecule has 0 radical (unpaired) electrons. The van der Waals surface area contributed by atoms with Crippen molar-refractivity contribution < 1.29 is 32.2 Å². The van der Waals surface area contributed by atoms with Crippen LogP contribution in [-0.2, 0) is 6.42 Å². The van der Waals surface area contributed by atoms with E-state index in [0.29, 0.717) is 0 Å². The van der Waals surface area contributed by atoms with Gasteiger partial charge in [-0.15, -0.1) is 0 Å². The summed E-state index contributed by atoms with van der Waals surface area (Å²) >= 11 is 0. The van der Waals surface area contributed by atoms with Crippen molar-refractivity contribution in [1.82, 2.24) is 0 Å². The van der Waals surface area contributed by atoms with Gasteiger partial charge in [-0.1, -0.05) is 12.1 Å². The van der Waals surface area contributed by atoms with Gasteiger partial charge in [-0.3, -0.25) is 0 Å². The van der Waals surface area contributed by atoms with Crippen LogP contribution < -0.4 is 0 Å². The number of alkyl halides is 5. The van der Waals surface area contributed by atoms with E-state index in [4.69, 9.17) is 0 Å². The topological polar surface area (TPSA) is 40.5 Å². The number of aliphatic hydroxyl groups is 1. The van der Waals surface area contributed by atoms with Gasteiger partial charge in [-0.25, -0.2) is 0 Å². The van der Waals surface area contributed by atoms with Gasteiger partial charge in [0.15, 0.2) is 0 Å². The van der Waals surface area contributed by atoms with E-state index in [2.05, 4.69) is 0 Å². The number of fused-ring (bicyclic) bond motifs is 1. The Morgan fingerprint density at radius 3 is 2.32 bits per heavy atom. The van der Waals surface area contributed by atoms with Crippen molar-refractivity contribution in [2.24, 2.45) is 0 Å². The fraction of sp³-hybridized carbons (Fsp3) is 0.500. The van der Waals surface area contributed by atoms with Crippen molar-refractivity contribution in [2.45, 2.75) is 37.0 Å². The van der Waals surface area contributed by atoms with Crippen LogP contribution in [0.2, 0.25) is 0 Å². The molecule has 2 rings (SSSR count). The van der Waals surface area contributed by atoms with Crippen LogP contribution in [0.1, 0.15) is 23.5 Å². The van der Waals surface area contributed by atoms with Crippen molar-refractivity contribution in [1.29, 1.82) is 0 Å². The molecule has 2 unspecified atom stereocenters. The Hall–Kier alpha value is -1.37. The third-order valence-electron chi connectivity index (χ3n) is 3.37. The van der Waals surface area contributed by atoms with Gasteiger partial charge in [0, 0.05) is 0 Å². The first-order chi connectivity index (χ1) is 8.66. The summed E-state index contributed by atoms with van der Waals surface area (Å²) in [6, 6.07) is 3.49. The maximum atomic E-state index is 13.5. The van der Waals surface area contributed by atoms with E-state index in [1.54, 1.807) is 0 Å². The molecule has 0 fully saturated rings. The molecular weight excluding hydrogens is 271 g/mol. The molecule has 1 aliphatic rings. The number of hydrogen-bond donors (Lipinski definition) is 2. The fourth-order valence-electron chi connectivity index (χ4n) is 2.44. The molecule has 0 heterocycles.